The Bertz CT molecular complexity index is 510. The van der Waals surface area contributed by atoms with Gasteiger partial charge in [-0.05, 0) is 43.7 Å². The molecule has 2 fully saturated rings. The first-order valence-corrected chi connectivity index (χ1v) is 8.53. The number of hydrogen-bond acceptors (Lipinski definition) is 3. The molecule has 3 aliphatic rings. The number of ether oxygens (including phenoxy) is 1. The van der Waals surface area contributed by atoms with Gasteiger partial charge < -0.3 is 15.4 Å². The summed E-state index contributed by atoms with van der Waals surface area (Å²) in [4.78, 5) is 2.63. The third-order valence-corrected chi connectivity index (χ3v) is 5.75. The fourth-order valence-electron chi connectivity index (χ4n) is 4.63. The van der Waals surface area contributed by atoms with Crippen molar-refractivity contribution in [3.8, 4) is 0 Å². The van der Waals surface area contributed by atoms with Gasteiger partial charge in [0.1, 0.15) is 0 Å². The second kappa shape index (κ2) is 5.29. The number of benzene rings is 1. The van der Waals surface area contributed by atoms with Gasteiger partial charge in [0.2, 0.25) is 0 Å². The maximum Gasteiger partial charge on any atom is 0.0702 e. The third-order valence-electron chi connectivity index (χ3n) is 5.75. The van der Waals surface area contributed by atoms with E-state index in [2.05, 4.69) is 29.2 Å². The van der Waals surface area contributed by atoms with Crippen molar-refractivity contribution in [2.75, 3.05) is 18.1 Å². The number of nitrogens with two attached hydrogens (primary N) is 1. The quantitative estimate of drug-likeness (QED) is 0.860. The van der Waals surface area contributed by atoms with Crippen molar-refractivity contribution in [1.29, 1.82) is 0 Å². The summed E-state index contributed by atoms with van der Waals surface area (Å²) >= 11 is 0. The van der Waals surface area contributed by atoms with Crippen molar-refractivity contribution in [3.63, 3.8) is 0 Å². The molecule has 1 saturated heterocycles. The van der Waals surface area contributed by atoms with Crippen LogP contribution in [-0.4, -0.2) is 24.8 Å². The van der Waals surface area contributed by atoms with E-state index in [1.54, 1.807) is 0 Å². The summed E-state index contributed by atoms with van der Waals surface area (Å²) in [5.74, 6) is 0. The van der Waals surface area contributed by atoms with Gasteiger partial charge in [-0.15, -0.1) is 0 Å². The maximum atomic E-state index is 6.30. The van der Waals surface area contributed by atoms with Crippen LogP contribution in [0.2, 0.25) is 0 Å². The molecule has 1 aliphatic carbocycles. The molecular formula is C18H26N2O. The largest absolute Gasteiger partial charge is 0.375 e. The average molecular weight is 286 g/mol. The van der Waals surface area contributed by atoms with Gasteiger partial charge >= 0.3 is 0 Å². The van der Waals surface area contributed by atoms with Crippen molar-refractivity contribution >= 4 is 5.69 Å². The first kappa shape index (κ1) is 13.6. The van der Waals surface area contributed by atoms with E-state index in [9.17, 15) is 0 Å². The van der Waals surface area contributed by atoms with Crippen LogP contribution >= 0.6 is 0 Å². The molecule has 2 unspecified atom stereocenters. The average Bonchev–Trinajstić information content (AvgIpc) is 2.96. The Hall–Kier alpha value is -1.06. The Kier molecular flexibility index (Phi) is 3.43. The zero-order valence-electron chi connectivity index (χ0n) is 12.8. The van der Waals surface area contributed by atoms with Crippen LogP contribution in [0.5, 0.6) is 0 Å². The molecule has 114 valence electrons. The number of fused-ring (bicyclic) bond motifs is 1. The minimum atomic E-state index is 0.192. The monoisotopic (exact) mass is 286 g/mol. The molecular weight excluding hydrogens is 260 g/mol. The minimum Gasteiger partial charge on any atom is -0.375 e. The Morgan fingerprint density at radius 2 is 1.95 bits per heavy atom. The van der Waals surface area contributed by atoms with Gasteiger partial charge in [0.25, 0.3) is 0 Å². The molecule has 3 heteroatoms. The molecule has 0 amide bonds. The normalized spacial score (nSPS) is 31.4. The van der Waals surface area contributed by atoms with Crippen molar-refractivity contribution in [2.24, 2.45) is 5.73 Å². The summed E-state index contributed by atoms with van der Waals surface area (Å²) in [5.41, 5.74) is 9.20. The van der Waals surface area contributed by atoms with E-state index in [-0.39, 0.29) is 11.6 Å². The van der Waals surface area contributed by atoms with Gasteiger partial charge in [0, 0.05) is 30.9 Å². The first-order valence-electron chi connectivity index (χ1n) is 8.53. The standard InChI is InChI=1S/C18H26N2O/c19-16-7-11-20(17-6-2-1-5-15(16)17)14-8-12-21-18(13-14)9-3-4-10-18/h1-2,5-6,14,16H,3-4,7-13,19H2. The molecule has 0 aromatic heterocycles. The van der Waals surface area contributed by atoms with Gasteiger partial charge in [-0.2, -0.15) is 0 Å². The molecule has 3 nitrogen and oxygen atoms in total. The van der Waals surface area contributed by atoms with Crippen molar-refractivity contribution < 1.29 is 4.74 Å². The molecule has 4 rings (SSSR count). The first-order chi connectivity index (χ1) is 10.3. The molecule has 1 aromatic carbocycles. The molecule has 2 aliphatic heterocycles. The lowest BCUT2D eigenvalue weighted by Gasteiger charge is -2.46. The summed E-state index contributed by atoms with van der Waals surface area (Å²) in [6.07, 6.45) is 8.64. The fourth-order valence-corrected chi connectivity index (χ4v) is 4.63. The van der Waals surface area contributed by atoms with Gasteiger partial charge in [-0.3, -0.25) is 0 Å². The van der Waals surface area contributed by atoms with E-state index in [0.29, 0.717) is 6.04 Å². The van der Waals surface area contributed by atoms with E-state index in [4.69, 9.17) is 10.5 Å². The number of hydrogen-bond donors (Lipinski definition) is 1. The van der Waals surface area contributed by atoms with Gasteiger partial charge in [-0.25, -0.2) is 0 Å². The molecule has 1 spiro atoms. The van der Waals surface area contributed by atoms with Crippen LogP contribution in [0, 0.1) is 0 Å². The highest BCUT2D eigenvalue weighted by Crippen LogP contribution is 2.43. The number of anilines is 1. The van der Waals surface area contributed by atoms with Crippen LogP contribution < -0.4 is 10.6 Å². The van der Waals surface area contributed by atoms with Crippen molar-refractivity contribution in [1.82, 2.24) is 0 Å². The third kappa shape index (κ3) is 2.36. The SMILES string of the molecule is NC1CCN(C2CCOC3(CCCC3)C2)c2ccccc21. The minimum absolute atomic E-state index is 0.192. The summed E-state index contributed by atoms with van der Waals surface area (Å²) in [7, 11) is 0. The molecule has 2 heterocycles. The van der Waals surface area contributed by atoms with Crippen molar-refractivity contribution in [3.05, 3.63) is 29.8 Å². The molecule has 0 bridgehead atoms. The Labute approximate surface area is 127 Å². The topological polar surface area (TPSA) is 38.5 Å². The second-order valence-corrected chi connectivity index (χ2v) is 7.03. The van der Waals surface area contributed by atoms with E-state index >= 15 is 0 Å². The van der Waals surface area contributed by atoms with E-state index < -0.39 is 0 Å². The molecule has 21 heavy (non-hydrogen) atoms. The van der Waals surface area contributed by atoms with Crippen LogP contribution in [0.15, 0.2) is 24.3 Å². The predicted molar refractivity (Wildman–Crippen MR) is 85.5 cm³/mol. The smallest absolute Gasteiger partial charge is 0.0702 e. The van der Waals surface area contributed by atoms with Gasteiger partial charge in [0.15, 0.2) is 0 Å². The van der Waals surface area contributed by atoms with E-state index in [1.807, 2.05) is 0 Å². The molecule has 0 radical (unpaired) electrons. The second-order valence-electron chi connectivity index (χ2n) is 7.03. The van der Waals surface area contributed by atoms with Crippen molar-refractivity contribution in [2.45, 2.75) is 62.6 Å². The molecule has 2 atom stereocenters. The lowest BCUT2D eigenvalue weighted by atomic mass is 9.86. The molecule has 1 saturated carbocycles. The predicted octanol–water partition coefficient (Wildman–Crippen LogP) is 3.39. The van der Waals surface area contributed by atoms with Crippen LogP contribution in [0.25, 0.3) is 0 Å². The highest BCUT2D eigenvalue weighted by molar-refractivity contribution is 5.57. The Balaban J connectivity index is 1.60. The van der Waals surface area contributed by atoms with Crippen LogP contribution in [-0.2, 0) is 4.74 Å². The summed E-state index contributed by atoms with van der Waals surface area (Å²) in [5, 5.41) is 0. The van der Waals surface area contributed by atoms with E-state index in [1.165, 1.54) is 43.4 Å². The summed E-state index contributed by atoms with van der Waals surface area (Å²) in [6, 6.07) is 9.56. The van der Waals surface area contributed by atoms with Gasteiger partial charge in [0.05, 0.1) is 5.60 Å². The number of rotatable bonds is 1. The number of para-hydroxylation sites is 1. The lowest BCUT2D eigenvalue weighted by Crippen LogP contribution is -2.49. The highest BCUT2D eigenvalue weighted by Gasteiger charge is 2.42. The van der Waals surface area contributed by atoms with Crippen LogP contribution in [0.1, 0.15) is 56.6 Å². The maximum absolute atomic E-state index is 6.30. The fraction of sp³-hybridized carbons (Fsp3) is 0.667. The van der Waals surface area contributed by atoms with Crippen LogP contribution in [0.3, 0.4) is 0 Å². The zero-order valence-corrected chi connectivity index (χ0v) is 12.8. The summed E-state index contributed by atoms with van der Waals surface area (Å²) < 4.78 is 6.21. The molecule has 2 N–H and O–H groups in total. The number of nitrogens with zero attached hydrogens (tertiary/aromatic N) is 1. The Morgan fingerprint density at radius 1 is 1.14 bits per heavy atom. The highest BCUT2D eigenvalue weighted by atomic mass is 16.5. The lowest BCUT2D eigenvalue weighted by molar-refractivity contribution is -0.0801. The molecule has 1 aromatic rings. The Morgan fingerprint density at radius 3 is 2.81 bits per heavy atom. The van der Waals surface area contributed by atoms with Gasteiger partial charge in [-0.1, -0.05) is 31.0 Å². The van der Waals surface area contributed by atoms with E-state index in [0.717, 1.165) is 26.0 Å². The summed E-state index contributed by atoms with van der Waals surface area (Å²) in [6.45, 7) is 2.02. The zero-order chi connectivity index (χ0) is 14.3. The van der Waals surface area contributed by atoms with Crippen LogP contribution in [0.4, 0.5) is 5.69 Å².